The highest BCUT2D eigenvalue weighted by Gasteiger charge is 2.35. The minimum atomic E-state index is -4.53. The molecule has 1 aliphatic heterocycles. The fourth-order valence-electron chi connectivity index (χ4n) is 5.04. The van der Waals surface area contributed by atoms with Crippen molar-refractivity contribution in [2.24, 2.45) is 0 Å². The van der Waals surface area contributed by atoms with Crippen molar-refractivity contribution in [2.75, 3.05) is 50.8 Å². The second-order valence-corrected chi connectivity index (χ2v) is 9.63. The van der Waals surface area contributed by atoms with Crippen molar-refractivity contribution in [3.63, 3.8) is 0 Å². The molecule has 3 aromatic carbocycles. The molecule has 208 valence electrons. The quantitative estimate of drug-likeness (QED) is 0.257. The highest BCUT2D eigenvalue weighted by atomic mass is 19.4. The van der Waals surface area contributed by atoms with E-state index in [4.69, 9.17) is 14.5 Å². The van der Waals surface area contributed by atoms with E-state index >= 15 is 0 Å². The smallest absolute Gasteiger partial charge is 0.449 e. The minimum Gasteiger partial charge on any atom is -0.494 e. The van der Waals surface area contributed by atoms with Crippen LogP contribution in [0, 0.1) is 0 Å². The lowest BCUT2D eigenvalue weighted by atomic mass is 10.2. The van der Waals surface area contributed by atoms with Crippen LogP contribution >= 0.6 is 0 Å². The Labute approximate surface area is 228 Å². The molecular weight excluding hydrogens is 521 g/mol. The molecule has 1 aliphatic rings. The van der Waals surface area contributed by atoms with Gasteiger partial charge < -0.3 is 24.3 Å². The molecule has 1 saturated heterocycles. The Kier molecular flexibility index (Phi) is 6.97. The number of nitrogens with zero attached hydrogens (tertiary/aromatic N) is 4. The third-order valence-corrected chi connectivity index (χ3v) is 7.05. The molecule has 0 radical (unpaired) electrons. The fourth-order valence-corrected chi connectivity index (χ4v) is 5.04. The van der Waals surface area contributed by atoms with Gasteiger partial charge in [0.25, 0.3) is 0 Å². The van der Waals surface area contributed by atoms with Crippen LogP contribution < -0.4 is 14.4 Å². The number of aromatic nitrogens is 4. The van der Waals surface area contributed by atoms with Crippen LogP contribution in [0.5, 0.6) is 11.5 Å². The molecule has 5 aromatic rings. The molecule has 0 aliphatic carbocycles. The van der Waals surface area contributed by atoms with Crippen LogP contribution in [0.25, 0.3) is 33.5 Å². The number of anilines is 1. The lowest BCUT2D eigenvalue weighted by molar-refractivity contribution is -0.144. The predicted octanol–water partition coefficient (Wildman–Crippen LogP) is 5.72. The van der Waals surface area contributed by atoms with Gasteiger partial charge in [-0.1, -0.05) is 12.1 Å². The first kappa shape index (κ1) is 26.0. The molecule has 40 heavy (non-hydrogen) atoms. The number of aromatic amines is 2. The summed E-state index contributed by atoms with van der Waals surface area (Å²) in [5.41, 5.74) is 4.50. The monoisotopic (exact) mass is 550 g/mol. The molecule has 3 heterocycles. The summed E-state index contributed by atoms with van der Waals surface area (Å²) < 4.78 is 50.6. The number of alkyl halides is 3. The van der Waals surface area contributed by atoms with Crippen LogP contribution in [0.1, 0.15) is 12.7 Å². The number of fused-ring (bicyclic) bond motifs is 2. The van der Waals surface area contributed by atoms with E-state index in [1.54, 1.807) is 18.2 Å². The Balaban J connectivity index is 1.07. The second-order valence-electron chi connectivity index (χ2n) is 9.63. The van der Waals surface area contributed by atoms with Crippen molar-refractivity contribution in [3.8, 4) is 22.9 Å². The zero-order valence-corrected chi connectivity index (χ0v) is 22.0. The van der Waals surface area contributed by atoms with E-state index in [9.17, 15) is 13.2 Å². The van der Waals surface area contributed by atoms with Crippen molar-refractivity contribution >= 4 is 27.8 Å². The van der Waals surface area contributed by atoms with Crippen molar-refractivity contribution < 1.29 is 22.6 Å². The first-order valence-corrected chi connectivity index (χ1v) is 13.3. The molecule has 0 spiro atoms. The van der Waals surface area contributed by atoms with Gasteiger partial charge in [-0.15, -0.1) is 0 Å². The van der Waals surface area contributed by atoms with E-state index in [2.05, 4.69) is 30.8 Å². The number of H-pyrrole nitrogens is 2. The molecule has 2 N–H and O–H groups in total. The van der Waals surface area contributed by atoms with Gasteiger partial charge in [-0.3, -0.25) is 4.90 Å². The number of nitrogens with one attached hydrogen (secondary N) is 2. The zero-order chi connectivity index (χ0) is 27.7. The van der Waals surface area contributed by atoms with Gasteiger partial charge in [-0.25, -0.2) is 9.97 Å². The molecule has 6 rings (SSSR count). The third-order valence-electron chi connectivity index (χ3n) is 7.05. The van der Waals surface area contributed by atoms with Crippen LogP contribution in [0.3, 0.4) is 0 Å². The van der Waals surface area contributed by atoms with Crippen molar-refractivity contribution in [2.45, 2.75) is 13.1 Å². The highest BCUT2D eigenvalue weighted by Crippen LogP contribution is 2.32. The maximum absolute atomic E-state index is 13.1. The van der Waals surface area contributed by atoms with Gasteiger partial charge in [0.15, 0.2) is 0 Å². The van der Waals surface area contributed by atoms with Crippen molar-refractivity contribution in [1.29, 1.82) is 0 Å². The molecule has 0 amide bonds. The predicted molar refractivity (Wildman–Crippen MR) is 148 cm³/mol. The summed E-state index contributed by atoms with van der Waals surface area (Å²) in [4.78, 5) is 19.0. The van der Waals surface area contributed by atoms with Gasteiger partial charge in [-0.05, 0) is 55.5 Å². The lowest BCUT2D eigenvalue weighted by Gasteiger charge is -2.36. The molecule has 0 saturated carbocycles. The minimum absolute atomic E-state index is 0.191. The summed E-state index contributed by atoms with van der Waals surface area (Å²) in [6.07, 6.45) is -4.53. The first-order valence-electron chi connectivity index (χ1n) is 13.3. The molecule has 11 heteroatoms. The van der Waals surface area contributed by atoms with Gasteiger partial charge >= 0.3 is 6.18 Å². The standard InChI is InChI=1S/C29H29F3N6O2/c1-2-39-20-11-9-19(10-12-20)27-33-21-5-3-7-23(25(21)35-27)38-15-13-37(14-16-38)17-18-40-24-8-4-6-22-26(24)36-28(34-22)29(30,31)32/h3-12H,2,13-18H2,1H3,(H,33,35)(H,34,36). The zero-order valence-electron chi connectivity index (χ0n) is 22.0. The van der Waals surface area contributed by atoms with Crippen LogP contribution in [0.2, 0.25) is 0 Å². The molecule has 2 aromatic heterocycles. The largest absolute Gasteiger partial charge is 0.494 e. The molecule has 0 bridgehead atoms. The van der Waals surface area contributed by atoms with Crippen LogP contribution in [-0.2, 0) is 6.18 Å². The Hall–Kier alpha value is -4.25. The summed E-state index contributed by atoms with van der Waals surface area (Å²) in [5, 5.41) is 0. The molecule has 8 nitrogen and oxygen atoms in total. The van der Waals surface area contributed by atoms with Crippen molar-refractivity contribution in [1.82, 2.24) is 24.8 Å². The van der Waals surface area contributed by atoms with E-state index in [1.807, 2.05) is 43.3 Å². The van der Waals surface area contributed by atoms with Crippen LogP contribution in [0.4, 0.5) is 18.9 Å². The van der Waals surface area contributed by atoms with Gasteiger partial charge in [0.05, 0.1) is 23.3 Å². The normalized spacial score (nSPS) is 14.8. The average Bonchev–Trinajstić information content (AvgIpc) is 3.60. The number of halogens is 3. The average molecular weight is 551 g/mol. The summed E-state index contributed by atoms with van der Waals surface area (Å²) >= 11 is 0. The first-order chi connectivity index (χ1) is 19.4. The SMILES string of the molecule is CCOc1ccc(-c2nc3c(N4CCN(CCOc5cccc6[nH]c(C(F)(F)F)nc56)CC4)cccc3[nH]2)cc1. The number of benzene rings is 3. The molecule has 1 fully saturated rings. The molecule has 0 unspecified atom stereocenters. The van der Waals surface area contributed by atoms with E-state index < -0.39 is 12.0 Å². The van der Waals surface area contributed by atoms with Gasteiger partial charge in [0, 0.05) is 38.3 Å². The van der Waals surface area contributed by atoms with E-state index in [0.717, 1.165) is 60.0 Å². The fraction of sp³-hybridized carbons (Fsp3) is 0.310. The summed E-state index contributed by atoms with van der Waals surface area (Å²) in [5.74, 6) is 0.973. The number of hydrogen-bond acceptors (Lipinski definition) is 6. The van der Waals surface area contributed by atoms with E-state index in [0.29, 0.717) is 31.0 Å². The van der Waals surface area contributed by atoms with E-state index in [-0.39, 0.29) is 5.52 Å². The van der Waals surface area contributed by atoms with E-state index in [1.165, 1.54) is 0 Å². The van der Waals surface area contributed by atoms with Crippen LogP contribution in [0.15, 0.2) is 60.7 Å². The van der Waals surface area contributed by atoms with Gasteiger partial charge in [0.2, 0.25) is 5.82 Å². The van der Waals surface area contributed by atoms with Gasteiger partial charge in [0.1, 0.15) is 35.0 Å². The number of para-hydroxylation sites is 2. The summed E-state index contributed by atoms with van der Waals surface area (Å²) in [6.45, 7) is 6.93. The summed E-state index contributed by atoms with van der Waals surface area (Å²) in [6, 6.07) is 19.0. The van der Waals surface area contributed by atoms with Gasteiger partial charge in [-0.2, -0.15) is 13.2 Å². The Bertz CT molecular complexity index is 1600. The Morgan fingerprint density at radius 3 is 2.27 bits per heavy atom. The van der Waals surface area contributed by atoms with Crippen LogP contribution in [-0.4, -0.2) is 70.8 Å². The summed E-state index contributed by atoms with van der Waals surface area (Å²) in [7, 11) is 0. The molecule has 0 atom stereocenters. The maximum Gasteiger partial charge on any atom is 0.449 e. The highest BCUT2D eigenvalue weighted by molar-refractivity contribution is 5.91. The Morgan fingerprint density at radius 1 is 0.825 bits per heavy atom. The number of imidazole rings is 2. The Morgan fingerprint density at radius 2 is 1.55 bits per heavy atom. The lowest BCUT2D eigenvalue weighted by Crippen LogP contribution is -2.47. The van der Waals surface area contributed by atoms with Crippen molar-refractivity contribution in [3.05, 3.63) is 66.5 Å². The maximum atomic E-state index is 13.1. The number of hydrogen-bond donors (Lipinski definition) is 2. The second kappa shape index (κ2) is 10.7. The molecular formula is C29H29F3N6O2. The number of piperazine rings is 1. The number of ether oxygens (including phenoxy) is 2. The topological polar surface area (TPSA) is 82.3 Å². The third kappa shape index (κ3) is 5.29. The number of rotatable bonds is 8.